The summed E-state index contributed by atoms with van der Waals surface area (Å²) < 4.78 is 0. The zero-order chi connectivity index (χ0) is 7.98. The molecule has 0 amide bonds. The number of hydrogen-bond donors (Lipinski definition) is 2. The number of aryl methyl sites for hydroxylation is 2. The van der Waals surface area contributed by atoms with Crippen LogP contribution in [0.25, 0.3) is 0 Å². The van der Waals surface area contributed by atoms with Gasteiger partial charge >= 0.3 is 0 Å². The topological polar surface area (TPSA) is 52.0 Å². The average molecular weight is 138 g/mol. The Bertz CT molecular complexity index is 146. The van der Waals surface area contributed by atoms with Crippen molar-refractivity contribution in [2.75, 3.05) is 0 Å². The highest BCUT2D eigenvalue weighted by Gasteiger charge is 1.79. The molecular formula is C8H14N2. The van der Waals surface area contributed by atoms with Gasteiger partial charge in [-0.2, -0.15) is 0 Å². The fourth-order valence-corrected chi connectivity index (χ4v) is 0.637. The molecule has 0 aliphatic carbocycles. The van der Waals surface area contributed by atoms with Gasteiger partial charge < -0.3 is 0 Å². The lowest BCUT2D eigenvalue weighted by Gasteiger charge is -1.90. The first kappa shape index (κ1) is 9.14. The fourth-order valence-electron chi connectivity index (χ4n) is 0.637. The van der Waals surface area contributed by atoms with E-state index < -0.39 is 0 Å². The van der Waals surface area contributed by atoms with Crippen molar-refractivity contribution in [3.05, 3.63) is 35.4 Å². The van der Waals surface area contributed by atoms with Gasteiger partial charge in [-0.05, 0) is 13.8 Å². The molecule has 1 rings (SSSR count). The second-order valence-electron chi connectivity index (χ2n) is 2.15. The van der Waals surface area contributed by atoms with Crippen LogP contribution >= 0.6 is 0 Å². The average Bonchev–Trinajstić information content (AvgIpc) is 2.00. The van der Waals surface area contributed by atoms with Crippen molar-refractivity contribution in [1.29, 1.82) is 0 Å². The molecule has 0 saturated carbocycles. The standard InChI is InChI=1S/C8H10.H4N2/c1-7-3-5-8(2)6-4-7;1-2/h3-6H,1-2H3;1-2H2. The molecule has 1 aromatic rings. The molecule has 0 saturated heterocycles. The van der Waals surface area contributed by atoms with Crippen molar-refractivity contribution >= 4 is 0 Å². The monoisotopic (exact) mass is 138 g/mol. The highest BCUT2D eigenvalue weighted by atomic mass is 15.0. The van der Waals surface area contributed by atoms with E-state index in [1.165, 1.54) is 11.1 Å². The number of hydrazine groups is 1. The highest BCUT2D eigenvalue weighted by Crippen LogP contribution is 1.99. The molecule has 10 heavy (non-hydrogen) atoms. The Hall–Kier alpha value is -0.860. The Balaban J connectivity index is 0.000000371. The molecule has 4 N–H and O–H groups in total. The second kappa shape index (κ2) is 4.97. The van der Waals surface area contributed by atoms with Crippen molar-refractivity contribution < 1.29 is 0 Å². The van der Waals surface area contributed by atoms with Crippen molar-refractivity contribution in [2.24, 2.45) is 11.7 Å². The molecule has 0 aliphatic rings. The van der Waals surface area contributed by atoms with Gasteiger partial charge in [0.05, 0.1) is 0 Å². The predicted molar refractivity (Wildman–Crippen MR) is 44.3 cm³/mol. The molecule has 0 unspecified atom stereocenters. The van der Waals surface area contributed by atoms with Crippen molar-refractivity contribution in [1.82, 2.24) is 0 Å². The van der Waals surface area contributed by atoms with Crippen molar-refractivity contribution in [2.45, 2.75) is 13.8 Å². The summed E-state index contributed by atoms with van der Waals surface area (Å²) in [7, 11) is 0. The smallest absolute Gasteiger partial charge is 0.0398 e. The molecule has 0 bridgehead atoms. The lowest BCUT2D eigenvalue weighted by atomic mass is 10.2. The number of benzene rings is 1. The Morgan fingerprint density at radius 2 is 1.00 bits per heavy atom. The zero-order valence-corrected chi connectivity index (χ0v) is 6.46. The zero-order valence-electron chi connectivity index (χ0n) is 6.46. The van der Waals surface area contributed by atoms with Gasteiger partial charge in [-0.25, -0.2) is 0 Å². The maximum absolute atomic E-state index is 4.00. The molecule has 1 aromatic carbocycles. The van der Waals surface area contributed by atoms with Gasteiger partial charge in [0, 0.05) is 0 Å². The van der Waals surface area contributed by atoms with Crippen LogP contribution in [-0.4, -0.2) is 0 Å². The third-order valence-electron chi connectivity index (χ3n) is 1.22. The highest BCUT2D eigenvalue weighted by molar-refractivity contribution is 5.19. The van der Waals surface area contributed by atoms with E-state index in [0.29, 0.717) is 0 Å². The van der Waals surface area contributed by atoms with Crippen LogP contribution in [0.1, 0.15) is 11.1 Å². The SMILES string of the molecule is Cc1ccc(C)cc1.NN. The maximum Gasteiger partial charge on any atom is -0.0398 e. The normalized spacial score (nSPS) is 8.00. The molecule has 0 fully saturated rings. The van der Waals surface area contributed by atoms with Gasteiger partial charge in [-0.1, -0.05) is 35.4 Å². The minimum atomic E-state index is 1.33. The van der Waals surface area contributed by atoms with E-state index in [-0.39, 0.29) is 0 Å². The molecular weight excluding hydrogens is 124 g/mol. The van der Waals surface area contributed by atoms with Gasteiger partial charge in [-0.3, -0.25) is 11.7 Å². The van der Waals surface area contributed by atoms with Gasteiger partial charge in [-0.15, -0.1) is 0 Å². The molecule has 0 aromatic heterocycles. The summed E-state index contributed by atoms with van der Waals surface area (Å²) in [5, 5.41) is 0. The van der Waals surface area contributed by atoms with E-state index >= 15 is 0 Å². The lowest BCUT2D eigenvalue weighted by molar-refractivity contribution is 1.26. The van der Waals surface area contributed by atoms with Gasteiger partial charge in [0.15, 0.2) is 0 Å². The van der Waals surface area contributed by atoms with Crippen LogP contribution in [0.5, 0.6) is 0 Å². The molecule has 0 atom stereocenters. The van der Waals surface area contributed by atoms with Crippen LogP contribution in [0.4, 0.5) is 0 Å². The molecule has 0 radical (unpaired) electrons. The largest absolute Gasteiger partial charge is 0.274 e. The second-order valence-corrected chi connectivity index (χ2v) is 2.15. The first-order valence-electron chi connectivity index (χ1n) is 3.15. The van der Waals surface area contributed by atoms with Gasteiger partial charge in [0.25, 0.3) is 0 Å². The molecule has 0 spiro atoms. The number of hydrogen-bond acceptors (Lipinski definition) is 2. The minimum Gasteiger partial charge on any atom is -0.274 e. The predicted octanol–water partition coefficient (Wildman–Crippen LogP) is 1.12. The summed E-state index contributed by atoms with van der Waals surface area (Å²) >= 11 is 0. The van der Waals surface area contributed by atoms with E-state index in [2.05, 4.69) is 49.8 Å². The number of nitrogens with two attached hydrogens (primary N) is 2. The lowest BCUT2D eigenvalue weighted by Crippen LogP contribution is -2.02. The van der Waals surface area contributed by atoms with Crippen LogP contribution in [0, 0.1) is 13.8 Å². The van der Waals surface area contributed by atoms with Crippen LogP contribution in [0.2, 0.25) is 0 Å². The quantitative estimate of drug-likeness (QED) is 0.417. The summed E-state index contributed by atoms with van der Waals surface area (Å²) in [6.45, 7) is 4.19. The van der Waals surface area contributed by atoms with Gasteiger partial charge in [0.2, 0.25) is 0 Å². The summed E-state index contributed by atoms with van der Waals surface area (Å²) in [6.07, 6.45) is 0. The molecule has 0 heterocycles. The Kier molecular flexibility index (Phi) is 4.54. The van der Waals surface area contributed by atoms with E-state index in [1.807, 2.05) is 0 Å². The fraction of sp³-hybridized carbons (Fsp3) is 0.250. The van der Waals surface area contributed by atoms with E-state index in [4.69, 9.17) is 0 Å². The summed E-state index contributed by atoms with van der Waals surface area (Å²) in [4.78, 5) is 0. The maximum atomic E-state index is 4.00. The van der Waals surface area contributed by atoms with Crippen molar-refractivity contribution in [3.63, 3.8) is 0 Å². The number of rotatable bonds is 0. The Labute approximate surface area is 61.8 Å². The van der Waals surface area contributed by atoms with Crippen molar-refractivity contribution in [3.8, 4) is 0 Å². The van der Waals surface area contributed by atoms with E-state index in [1.54, 1.807) is 0 Å². The molecule has 0 aliphatic heterocycles. The van der Waals surface area contributed by atoms with Crippen LogP contribution in [0.15, 0.2) is 24.3 Å². The minimum absolute atomic E-state index is 1.33. The first-order chi connectivity index (χ1) is 4.79. The van der Waals surface area contributed by atoms with Crippen LogP contribution < -0.4 is 11.7 Å². The van der Waals surface area contributed by atoms with Gasteiger partial charge in [0.1, 0.15) is 0 Å². The first-order valence-corrected chi connectivity index (χ1v) is 3.15. The molecule has 2 heteroatoms. The molecule has 2 nitrogen and oxygen atoms in total. The Morgan fingerprint density at radius 3 is 1.20 bits per heavy atom. The van der Waals surface area contributed by atoms with E-state index in [9.17, 15) is 0 Å². The third-order valence-corrected chi connectivity index (χ3v) is 1.22. The van der Waals surface area contributed by atoms with E-state index in [0.717, 1.165) is 0 Å². The summed E-state index contributed by atoms with van der Waals surface area (Å²) in [5.74, 6) is 8.00. The summed E-state index contributed by atoms with van der Waals surface area (Å²) in [5.41, 5.74) is 2.66. The summed E-state index contributed by atoms with van der Waals surface area (Å²) in [6, 6.07) is 8.48. The van der Waals surface area contributed by atoms with Crippen LogP contribution in [-0.2, 0) is 0 Å². The molecule has 56 valence electrons. The third kappa shape index (κ3) is 3.22. The van der Waals surface area contributed by atoms with Crippen LogP contribution in [0.3, 0.4) is 0 Å². The Morgan fingerprint density at radius 1 is 0.800 bits per heavy atom.